The zero-order valence-corrected chi connectivity index (χ0v) is 33.0. The van der Waals surface area contributed by atoms with Crippen LogP contribution in [0.3, 0.4) is 0 Å². The first-order valence-electron chi connectivity index (χ1n) is 19.1. The summed E-state index contributed by atoms with van der Waals surface area (Å²) in [5, 5.41) is 5.15. The average Bonchev–Trinajstić information content (AvgIpc) is 3.26. The lowest BCUT2D eigenvalue weighted by Gasteiger charge is -2.42. The molecular weight excluding hydrogens is 673 g/mol. The Morgan fingerprint density at radius 3 is 1.56 bits per heavy atom. The molecule has 0 bridgehead atoms. The summed E-state index contributed by atoms with van der Waals surface area (Å²) in [6.07, 6.45) is 0. The molecule has 0 N–H and O–H groups in total. The van der Waals surface area contributed by atoms with Crippen molar-refractivity contribution in [3.63, 3.8) is 0 Å². The summed E-state index contributed by atoms with van der Waals surface area (Å²) in [6, 6.07) is 62.2. The summed E-state index contributed by atoms with van der Waals surface area (Å²) in [7, 11) is -3.08. The Bertz CT molecular complexity index is 2490. The summed E-state index contributed by atoms with van der Waals surface area (Å²) in [4.78, 5) is 0. The summed E-state index contributed by atoms with van der Waals surface area (Å²) in [6.45, 7) is 14.1. The van der Waals surface area contributed by atoms with Gasteiger partial charge < -0.3 is 9.47 Å². The predicted octanol–water partition coefficient (Wildman–Crippen LogP) is 10.5. The quantitative estimate of drug-likeness (QED) is 0.130. The molecule has 2 nitrogen and oxygen atoms in total. The third kappa shape index (κ3) is 4.91. The van der Waals surface area contributed by atoms with Crippen molar-refractivity contribution in [3.8, 4) is 34.1 Å². The number of hydrogen-bond donors (Lipinski definition) is 0. The fourth-order valence-electron chi connectivity index (χ4n) is 9.25. The molecule has 0 fully saturated rings. The van der Waals surface area contributed by atoms with Gasteiger partial charge in [0.15, 0.2) is 8.07 Å². The van der Waals surface area contributed by atoms with Gasteiger partial charge in [-0.1, -0.05) is 199 Å². The van der Waals surface area contributed by atoms with Crippen LogP contribution in [0.15, 0.2) is 170 Å². The van der Waals surface area contributed by atoms with Gasteiger partial charge in [0, 0.05) is 44.1 Å². The van der Waals surface area contributed by atoms with Crippen LogP contribution in [-0.2, 0) is 16.2 Å². The predicted molar refractivity (Wildman–Crippen MR) is 227 cm³/mol. The van der Waals surface area contributed by atoms with E-state index < -0.39 is 8.07 Å². The maximum Gasteiger partial charge on any atom is 0.184 e. The van der Waals surface area contributed by atoms with Crippen molar-refractivity contribution in [3.05, 3.63) is 192 Å². The Morgan fingerprint density at radius 2 is 0.870 bits per heavy atom. The van der Waals surface area contributed by atoms with Crippen LogP contribution in [0.4, 0.5) is 0 Å². The molecule has 0 aliphatic carbocycles. The van der Waals surface area contributed by atoms with Gasteiger partial charge in [-0.25, -0.2) is 0 Å². The molecule has 54 heavy (non-hydrogen) atoms. The molecule has 2 aliphatic heterocycles. The van der Waals surface area contributed by atoms with Gasteiger partial charge in [-0.05, 0) is 38.4 Å². The minimum atomic E-state index is -3.08. The van der Waals surface area contributed by atoms with Crippen LogP contribution in [0.2, 0.25) is 0 Å². The van der Waals surface area contributed by atoms with Gasteiger partial charge in [-0.15, -0.1) is 0 Å². The average molecular weight is 719 g/mol. The van der Waals surface area contributed by atoms with E-state index in [1.165, 1.54) is 43.0 Å². The molecule has 2 heterocycles. The monoisotopic (exact) mass is 718 g/mol. The Hall–Kier alpha value is -5.64. The van der Waals surface area contributed by atoms with E-state index in [0.29, 0.717) is 0 Å². The maximum absolute atomic E-state index is 7.34. The number of para-hydroxylation sites is 4. The highest BCUT2D eigenvalue weighted by molar-refractivity contribution is 7.20. The second kappa shape index (κ2) is 12.5. The first kappa shape index (κ1) is 34.1. The first-order chi connectivity index (χ1) is 26.1. The number of ether oxygens (including phenoxy) is 2. The number of fused-ring (bicyclic) bond motifs is 4. The minimum Gasteiger partial charge on any atom is -0.457 e. The molecule has 0 aromatic heterocycles. The topological polar surface area (TPSA) is 18.5 Å². The molecule has 0 spiro atoms. The van der Waals surface area contributed by atoms with E-state index in [-0.39, 0.29) is 16.2 Å². The van der Waals surface area contributed by atoms with Crippen LogP contribution in [0.1, 0.15) is 63.8 Å². The summed E-state index contributed by atoms with van der Waals surface area (Å²) < 4.78 is 14.2. The van der Waals surface area contributed by atoms with Crippen molar-refractivity contribution in [2.24, 2.45) is 0 Å². The van der Waals surface area contributed by atoms with Crippen molar-refractivity contribution < 1.29 is 9.47 Å². The molecule has 0 radical (unpaired) electrons. The zero-order valence-electron chi connectivity index (χ0n) is 32.0. The molecule has 266 valence electrons. The highest BCUT2D eigenvalue weighted by Crippen LogP contribution is 2.53. The molecule has 0 unspecified atom stereocenters. The van der Waals surface area contributed by atoms with Gasteiger partial charge in [-0.3, -0.25) is 0 Å². The van der Waals surface area contributed by atoms with Crippen molar-refractivity contribution >= 4 is 28.8 Å². The molecular formula is C51H46O2Si. The second-order valence-electron chi connectivity index (χ2n) is 16.5. The maximum atomic E-state index is 7.34. The first-order valence-corrected chi connectivity index (χ1v) is 21.1. The molecule has 9 rings (SSSR count). The molecule has 2 aliphatic rings. The fraction of sp³-hybridized carbons (Fsp3) is 0.176. The van der Waals surface area contributed by atoms with E-state index in [9.17, 15) is 0 Å². The highest BCUT2D eigenvalue weighted by Gasteiger charge is 2.50. The number of benzene rings is 7. The minimum absolute atomic E-state index is 0.199. The van der Waals surface area contributed by atoms with Crippen molar-refractivity contribution in [1.29, 1.82) is 0 Å². The Labute approximate surface area is 321 Å². The van der Waals surface area contributed by atoms with Crippen LogP contribution in [0, 0.1) is 0 Å². The van der Waals surface area contributed by atoms with E-state index in [2.05, 4.69) is 211 Å². The molecule has 7 aromatic rings. The van der Waals surface area contributed by atoms with Gasteiger partial charge in [0.05, 0.1) is 0 Å². The van der Waals surface area contributed by atoms with Crippen LogP contribution >= 0.6 is 0 Å². The van der Waals surface area contributed by atoms with Crippen LogP contribution in [0.5, 0.6) is 23.0 Å². The zero-order chi connectivity index (χ0) is 37.3. The molecule has 0 saturated carbocycles. The summed E-state index contributed by atoms with van der Waals surface area (Å²) in [5.41, 5.74) is 6.44. The van der Waals surface area contributed by atoms with Crippen LogP contribution < -0.4 is 30.2 Å². The van der Waals surface area contributed by atoms with Gasteiger partial charge in [0.1, 0.15) is 23.0 Å². The molecule has 0 atom stereocenters. The van der Waals surface area contributed by atoms with Gasteiger partial charge in [0.2, 0.25) is 0 Å². The van der Waals surface area contributed by atoms with Crippen LogP contribution in [-0.4, -0.2) is 8.07 Å². The Balaban J connectivity index is 1.35. The largest absolute Gasteiger partial charge is 0.457 e. The van der Waals surface area contributed by atoms with Crippen molar-refractivity contribution in [2.75, 3.05) is 0 Å². The Morgan fingerprint density at radius 1 is 0.389 bits per heavy atom. The van der Waals surface area contributed by atoms with Gasteiger partial charge in [0.25, 0.3) is 0 Å². The Kier molecular flexibility index (Phi) is 7.88. The van der Waals surface area contributed by atoms with E-state index in [0.717, 1.165) is 34.1 Å². The lowest BCUT2D eigenvalue weighted by Crippen LogP contribution is -2.75. The molecule has 3 heteroatoms. The van der Waals surface area contributed by atoms with Gasteiger partial charge in [-0.2, -0.15) is 0 Å². The standard InChI is InChI=1S/C51H46O2Si/c1-49(2)40-27-13-15-31-44(40)52-47-39(26-18-29-42(47)49)35-20-17-25-38(34-35)54(36-21-9-7-10-22-36,37-23-11-8-12-24-37)46-33-19-30-43-48(46)53-45-32-16-14-28-41(45)50(3,4)51(43,5)6/h7-34H,1-6H3. The third-order valence-electron chi connectivity index (χ3n) is 12.9. The van der Waals surface area contributed by atoms with E-state index in [1.54, 1.807) is 0 Å². The smallest absolute Gasteiger partial charge is 0.184 e. The molecule has 0 saturated heterocycles. The van der Waals surface area contributed by atoms with E-state index in [4.69, 9.17) is 9.47 Å². The summed E-state index contributed by atoms with van der Waals surface area (Å²) in [5.74, 6) is 3.76. The van der Waals surface area contributed by atoms with E-state index in [1.807, 2.05) is 0 Å². The lowest BCUT2D eigenvalue weighted by atomic mass is 9.61. The van der Waals surface area contributed by atoms with Crippen molar-refractivity contribution in [2.45, 2.75) is 57.8 Å². The number of hydrogen-bond acceptors (Lipinski definition) is 2. The number of rotatable bonds is 5. The SMILES string of the molecule is CC1(C)c2ccccc2Oc2c(-c3cccc([Si](c4ccccc4)(c4ccccc4)c4cccc5c4Oc4ccccc4C(C)(C)C5(C)C)c3)cccc21. The van der Waals surface area contributed by atoms with Crippen LogP contribution in [0.25, 0.3) is 11.1 Å². The highest BCUT2D eigenvalue weighted by atomic mass is 28.3. The normalized spacial score (nSPS) is 16.0. The fourth-order valence-corrected chi connectivity index (χ4v) is 14.2. The summed E-state index contributed by atoms with van der Waals surface area (Å²) >= 11 is 0. The third-order valence-corrected chi connectivity index (χ3v) is 17.7. The second-order valence-corrected chi connectivity index (χ2v) is 20.3. The van der Waals surface area contributed by atoms with E-state index >= 15 is 0 Å². The van der Waals surface area contributed by atoms with Gasteiger partial charge >= 0.3 is 0 Å². The lowest BCUT2D eigenvalue weighted by molar-refractivity contribution is 0.306. The van der Waals surface area contributed by atoms with Crippen molar-refractivity contribution in [1.82, 2.24) is 0 Å². The molecule has 0 amide bonds. The molecule has 7 aromatic carbocycles.